The van der Waals surface area contributed by atoms with Gasteiger partial charge < -0.3 is 0 Å². The van der Waals surface area contributed by atoms with E-state index in [0.717, 1.165) is 9.90 Å². The lowest BCUT2D eigenvalue weighted by Crippen LogP contribution is -1.99. The maximum atomic E-state index is 11.8. The van der Waals surface area contributed by atoms with Crippen molar-refractivity contribution in [3.8, 4) is 0 Å². The fourth-order valence-electron chi connectivity index (χ4n) is 1.23. The van der Waals surface area contributed by atoms with E-state index in [9.17, 15) is 4.79 Å². The molecular formula is C12H11NOS2. The number of rotatable bonds is 4. The lowest BCUT2D eigenvalue weighted by Gasteiger charge is -1.98. The average molecular weight is 249 g/mol. The van der Waals surface area contributed by atoms with E-state index in [2.05, 4.69) is 4.98 Å². The number of thiophene rings is 1. The molecule has 0 spiro atoms. The first-order valence-electron chi connectivity index (χ1n) is 4.89. The molecule has 16 heavy (non-hydrogen) atoms. The second-order valence-electron chi connectivity index (χ2n) is 3.29. The zero-order valence-electron chi connectivity index (χ0n) is 8.84. The van der Waals surface area contributed by atoms with Gasteiger partial charge in [0.25, 0.3) is 0 Å². The molecule has 0 aliphatic carbocycles. The molecule has 4 heteroatoms. The van der Waals surface area contributed by atoms with Crippen molar-refractivity contribution in [1.82, 2.24) is 4.98 Å². The van der Waals surface area contributed by atoms with Gasteiger partial charge in [-0.2, -0.15) is 0 Å². The number of carbonyl (C=O) groups excluding carboxylic acids is 1. The van der Waals surface area contributed by atoms with Crippen molar-refractivity contribution in [2.45, 2.75) is 11.9 Å². The molecule has 0 fully saturated rings. The van der Waals surface area contributed by atoms with Gasteiger partial charge in [0.2, 0.25) is 0 Å². The molecule has 0 bridgehead atoms. The van der Waals surface area contributed by atoms with Gasteiger partial charge in [-0.1, -0.05) is 17.8 Å². The van der Waals surface area contributed by atoms with Crippen LogP contribution in [0.4, 0.5) is 0 Å². The Balaban J connectivity index is 1.94. The van der Waals surface area contributed by atoms with Gasteiger partial charge in [0, 0.05) is 11.1 Å². The summed E-state index contributed by atoms with van der Waals surface area (Å²) < 4.78 is 0. The highest BCUT2D eigenvalue weighted by Crippen LogP contribution is 2.20. The van der Waals surface area contributed by atoms with Gasteiger partial charge in [-0.25, -0.2) is 4.98 Å². The largest absolute Gasteiger partial charge is 0.292 e. The second kappa shape index (κ2) is 5.27. The Morgan fingerprint density at radius 3 is 2.88 bits per heavy atom. The Kier molecular flexibility index (Phi) is 3.74. The van der Waals surface area contributed by atoms with Crippen LogP contribution in [0.1, 0.15) is 14.5 Å². The van der Waals surface area contributed by atoms with Crippen LogP contribution in [-0.4, -0.2) is 16.5 Å². The van der Waals surface area contributed by atoms with Crippen molar-refractivity contribution in [2.24, 2.45) is 0 Å². The van der Waals surface area contributed by atoms with Gasteiger partial charge in [0.1, 0.15) is 0 Å². The van der Waals surface area contributed by atoms with E-state index in [0.29, 0.717) is 5.75 Å². The molecule has 0 atom stereocenters. The van der Waals surface area contributed by atoms with Crippen molar-refractivity contribution >= 4 is 28.9 Å². The Labute approximate surface area is 103 Å². The molecule has 0 N–H and O–H groups in total. The predicted molar refractivity (Wildman–Crippen MR) is 68.3 cm³/mol. The zero-order valence-corrected chi connectivity index (χ0v) is 10.5. The molecule has 0 saturated heterocycles. The molecule has 82 valence electrons. The van der Waals surface area contributed by atoms with Gasteiger partial charge in [-0.05, 0) is 31.2 Å². The van der Waals surface area contributed by atoms with Gasteiger partial charge in [-0.15, -0.1) is 11.3 Å². The molecule has 2 rings (SSSR count). The maximum Gasteiger partial charge on any atom is 0.183 e. The predicted octanol–water partition coefficient (Wildman–Crippen LogP) is 3.43. The number of Topliss-reactive ketones (excluding diaryl/α,β-unsaturated/α-hetero) is 1. The van der Waals surface area contributed by atoms with E-state index in [1.165, 1.54) is 16.6 Å². The third kappa shape index (κ3) is 2.93. The number of ketones is 1. The first-order chi connectivity index (χ1) is 7.75. The summed E-state index contributed by atoms with van der Waals surface area (Å²) >= 11 is 3.03. The molecule has 0 amide bonds. The molecule has 0 aliphatic rings. The molecule has 0 saturated carbocycles. The van der Waals surface area contributed by atoms with Crippen LogP contribution in [0.3, 0.4) is 0 Å². The molecule has 2 nitrogen and oxygen atoms in total. The average Bonchev–Trinajstić information content (AvgIpc) is 2.74. The van der Waals surface area contributed by atoms with Crippen LogP contribution in [0.2, 0.25) is 0 Å². The Hall–Kier alpha value is -1.13. The minimum atomic E-state index is 0.175. The number of aromatic nitrogens is 1. The van der Waals surface area contributed by atoms with Gasteiger partial charge in [0.05, 0.1) is 15.7 Å². The third-order valence-electron chi connectivity index (χ3n) is 2.00. The summed E-state index contributed by atoms with van der Waals surface area (Å²) in [6.07, 6.45) is 1.74. The molecule has 2 aromatic heterocycles. The summed E-state index contributed by atoms with van der Waals surface area (Å²) in [5.74, 6) is 0.630. The van der Waals surface area contributed by atoms with E-state index in [1.807, 2.05) is 37.3 Å². The first kappa shape index (κ1) is 11.4. The highest BCUT2D eigenvalue weighted by atomic mass is 32.2. The smallest absolute Gasteiger partial charge is 0.183 e. The second-order valence-corrected chi connectivity index (χ2v) is 5.57. The fourth-order valence-corrected chi connectivity index (χ4v) is 2.87. The Morgan fingerprint density at radius 2 is 2.25 bits per heavy atom. The van der Waals surface area contributed by atoms with Crippen LogP contribution in [0.25, 0.3) is 0 Å². The minimum Gasteiger partial charge on any atom is -0.292 e. The van der Waals surface area contributed by atoms with E-state index >= 15 is 0 Å². The van der Waals surface area contributed by atoms with E-state index in [-0.39, 0.29) is 5.78 Å². The minimum absolute atomic E-state index is 0.175. The van der Waals surface area contributed by atoms with Gasteiger partial charge in [0.15, 0.2) is 5.78 Å². The highest BCUT2D eigenvalue weighted by Gasteiger charge is 2.08. The standard InChI is InChI=1S/C12H11NOS2/c1-9-5-6-11(16-9)10(14)8-15-12-4-2-3-7-13-12/h2-7H,8H2,1H3. The van der Waals surface area contributed by atoms with Crippen LogP contribution in [-0.2, 0) is 0 Å². The van der Waals surface area contributed by atoms with Crippen LogP contribution >= 0.6 is 23.1 Å². The van der Waals surface area contributed by atoms with Crippen molar-refractivity contribution in [2.75, 3.05) is 5.75 Å². The number of thioether (sulfide) groups is 1. The Morgan fingerprint density at radius 1 is 1.38 bits per heavy atom. The van der Waals surface area contributed by atoms with Crippen LogP contribution < -0.4 is 0 Å². The molecule has 0 unspecified atom stereocenters. The number of carbonyl (C=O) groups is 1. The van der Waals surface area contributed by atoms with Crippen molar-refractivity contribution in [1.29, 1.82) is 0 Å². The van der Waals surface area contributed by atoms with Gasteiger partial charge >= 0.3 is 0 Å². The SMILES string of the molecule is Cc1ccc(C(=O)CSc2ccccn2)s1. The topological polar surface area (TPSA) is 30.0 Å². The number of nitrogens with zero attached hydrogens (tertiary/aromatic N) is 1. The molecule has 0 aromatic carbocycles. The van der Waals surface area contributed by atoms with E-state index < -0.39 is 0 Å². The van der Waals surface area contributed by atoms with Crippen LogP contribution in [0.15, 0.2) is 41.6 Å². The van der Waals surface area contributed by atoms with Crippen molar-refractivity contribution in [3.63, 3.8) is 0 Å². The normalized spacial score (nSPS) is 10.3. The highest BCUT2D eigenvalue weighted by molar-refractivity contribution is 7.99. The lowest BCUT2D eigenvalue weighted by atomic mass is 10.3. The molecular weight excluding hydrogens is 238 g/mol. The number of aryl methyl sites for hydroxylation is 1. The summed E-state index contributed by atoms with van der Waals surface area (Å²) in [6, 6.07) is 9.58. The molecule has 2 heterocycles. The van der Waals surface area contributed by atoms with Crippen LogP contribution in [0, 0.1) is 6.92 Å². The fraction of sp³-hybridized carbons (Fsp3) is 0.167. The summed E-state index contributed by atoms with van der Waals surface area (Å²) in [6.45, 7) is 2.01. The molecule has 0 radical (unpaired) electrons. The number of pyridine rings is 1. The summed E-state index contributed by atoms with van der Waals surface area (Å²) in [4.78, 5) is 18.0. The zero-order chi connectivity index (χ0) is 11.4. The lowest BCUT2D eigenvalue weighted by molar-refractivity contribution is 0.102. The third-order valence-corrected chi connectivity index (χ3v) is 3.99. The first-order valence-corrected chi connectivity index (χ1v) is 6.69. The Bertz CT molecular complexity index is 479. The van der Waals surface area contributed by atoms with E-state index in [4.69, 9.17) is 0 Å². The monoisotopic (exact) mass is 249 g/mol. The van der Waals surface area contributed by atoms with Crippen molar-refractivity contribution in [3.05, 3.63) is 46.3 Å². The molecule has 0 aliphatic heterocycles. The summed E-state index contributed by atoms with van der Waals surface area (Å²) in [7, 11) is 0. The summed E-state index contributed by atoms with van der Waals surface area (Å²) in [5, 5.41) is 0.893. The summed E-state index contributed by atoms with van der Waals surface area (Å²) in [5.41, 5.74) is 0. The molecule has 2 aromatic rings. The van der Waals surface area contributed by atoms with Crippen LogP contribution in [0.5, 0.6) is 0 Å². The van der Waals surface area contributed by atoms with E-state index in [1.54, 1.807) is 17.5 Å². The number of hydrogen-bond donors (Lipinski definition) is 0. The van der Waals surface area contributed by atoms with Gasteiger partial charge in [-0.3, -0.25) is 4.79 Å². The quantitative estimate of drug-likeness (QED) is 0.614. The number of hydrogen-bond acceptors (Lipinski definition) is 4. The maximum absolute atomic E-state index is 11.8. The van der Waals surface area contributed by atoms with Crippen molar-refractivity contribution < 1.29 is 4.79 Å².